The van der Waals surface area contributed by atoms with Crippen LogP contribution in [0.3, 0.4) is 0 Å². The number of hydrogen-bond donors (Lipinski definition) is 0. The molecule has 5 aromatic carbocycles. The number of hydrogen-bond acceptors (Lipinski definition) is 7. The summed E-state index contributed by atoms with van der Waals surface area (Å²) in [6.07, 6.45) is 4.20. The summed E-state index contributed by atoms with van der Waals surface area (Å²) in [4.78, 5) is 27.6. The fraction of sp³-hybridized carbons (Fsp3) is 0.222. The van der Waals surface area contributed by atoms with E-state index in [0.29, 0.717) is 42.5 Å². The number of benzene rings is 5. The molecule has 1 aliphatic heterocycles. The SMILES string of the molecule is Cc1cnc(Cl)nc1-c1ccc(N(Cc2cccc(OCCN3CCCC3)c2)C(=O)c2ccc(OCc3ccccc3)cc2OCc2ccccc2)cc1. The minimum absolute atomic E-state index is 0.179. The molecule has 0 atom stereocenters. The van der Waals surface area contributed by atoms with E-state index < -0.39 is 0 Å². The zero-order valence-electron chi connectivity index (χ0n) is 30.4. The number of ether oxygens (including phenoxy) is 3. The Morgan fingerprint density at radius 2 is 1.41 bits per heavy atom. The molecule has 0 bridgehead atoms. The average molecular weight is 739 g/mol. The molecule has 1 fully saturated rings. The lowest BCUT2D eigenvalue weighted by Crippen LogP contribution is -2.31. The predicted molar refractivity (Wildman–Crippen MR) is 213 cm³/mol. The first kappa shape index (κ1) is 36.6. The van der Waals surface area contributed by atoms with E-state index in [1.54, 1.807) is 23.2 Å². The molecule has 0 radical (unpaired) electrons. The molecule has 0 spiro atoms. The minimum Gasteiger partial charge on any atom is -0.492 e. The first-order valence-corrected chi connectivity index (χ1v) is 18.7. The van der Waals surface area contributed by atoms with E-state index in [0.717, 1.165) is 58.9 Å². The molecule has 0 N–H and O–H groups in total. The molecule has 0 saturated carbocycles. The number of amides is 1. The van der Waals surface area contributed by atoms with Crippen molar-refractivity contribution < 1.29 is 19.0 Å². The maximum Gasteiger partial charge on any atom is 0.262 e. The van der Waals surface area contributed by atoms with Crippen molar-refractivity contribution in [3.8, 4) is 28.5 Å². The van der Waals surface area contributed by atoms with Crippen LogP contribution in [0.25, 0.3) is 11.3 Å². The molecule has 2 heterocycles. The van der Waals surface area contributed by atoms with Crippen LogP contribution in [0.2, 0.25) is 5.28 Å². The highest BCUT2D eigenvalue weighted by Gasteiger charge is 2.24. The zero-order chi connectivity index (χ0) is 37.1. The van der Waals surface area contributed by atoms with Crippen LogP contribution in [0.4, 0.5) is 5.69 Å². The minimum atomic E-state index is -0.220. The summed E-state index contributed by atoms with van der Waals surface area (Å²) >= 11 is 6.16. The summed E-state index contributed by atoms with van der Waals surface area (Å²) in [6, 6.07) is 41.0. The molecule has 1 aromatic heterocycles. The molecular weight excluding hydrogens is 696 g/mol. The van der Waals surface area contributed by atoms with Crippen LogP contribution in [-0.4, -0.2) is 47.0 Å². The Bertz CT molecular complexity index is 2140. The van der Waals surface area contributed by atoms with Crippen LogP contribution in [0.1, 0.15) is 45.5 Å². The molecule has 8 nitrogen and oxygen atoms in total. The van der Waals surface area contributed by atoms with Crippen LogP contribution in [0, 0.1) is 6.92 Å². The third kappa shape index (κ3) is 9.64. The number of nitrogens with zero attached hydrogens (tertiary/aromatic N) is 4. The zero-order valence-corrected chi connectivity index (χ0v) is 31.1. The Hall–Kier alpha value is -5.70. The predicted octanol–water partition coefficient (Wildman–Crippen LogP) is 9.59. The molecule has 9 heteroatoms. The van der Waals surface area contributed by atoms with Gasteiger partial charge in [-0.1, -0.05) is 84.9 Å². The highest BCUT2D eigenvalue weighted by molar-refractivity contribution is 6.28. The van der Waals surface area contributed by atoms with E-state index in [-0.39, 0.29) is 17.8 Å². The van der Waals surface area contributed by atoms with Crippen molar-refractivity contribution in [2.45, 2.75) is 39.5 Å². The van der Waals surface area contributed by atoms with Gasteiger partial charge in [0.1, 0.15) is 37.1 Å². The molecule has 0 aliphatic carbocycles. The van der Waals surface area contributed by atoms with Crippen LogP contribution in [0.5, 0.6) is 17.2 Å². The van der Waals surface area contributed by atoms with E-state index in [9.17, 15) is 4.79 Å². The Morgan fingerprint density at radius 1 is 0.741 bits per heavy atom. The van der Waals surface area contributed by atoms with Crippen molar-refractivity contribution in [3.05, 3.63) is 167 Å². The fourth-order valence-corrected chi connectivity index (χ4v) is 6.65. The molecule has 1 saturated heterocycles. The Labute approximate surface area is 321 Å². The van der Waals surface area contributed by atoms with E-state index >= 15 is 0 Å². The van der Waals surface area contributed by atoms with Crippen LogP contribution >= 0.6 is 11.6 Å². The van der Waals surface area contributed by atoms with Gasteiger partial charge in [-0.25, -0.2) is 9.97 Å². The fourth-order valence-electron chi connectivity index (χ4n) is 6.52. The molecule has 0 unspecified atom stereocenters. The lowest BCUT2D eigenvalue weighted by molar-refractivity contribution is 0.0980. The summed E-state index contributed by atoms with van der Waals surface area (Å²) in [7, 11) is 0. The van der Waals surface area contributed by atoms with Gasteiger partial charge < -0.3 is 19.1 Å². The second kappa shape index (κ2) is 17.9. The van der Waals surface area contributed by atoms with Gasteiger partial charge in [-0.05, 0) is 103 Å². The second-order valence-corrected chi connectivity index (χ2v) is 13.7. The van der Waals surface area contributed by atoms with E-state index in [1.165, 1.54) is 12.8 Å². The molecular formula is C45H43ClN4O4. The molecule has 6 aromatic rings. The summed E-state index contributed by atoms with van der Waals surface area (Å²) in [6.45, 7) is 6.67. The Morgan fingerprint density at radius 3 is 2.13 bits per heavy atom. The van der Waals surface area contributed by atoms with Crippen molar-refractivity contribution in [2.24, 2.45) is 0 Å². The summed E-state index contributed by atoms with van der Waals surface area (Å²) in [5.74, 6) is 1.59. The number of halogens is 1. The van der Waals surface area contributed by atoms with Crippen LogP contribution in [-0.2, 0) is 19.8 Å². The largest absolute Gasteiger partial charge is 0.492 e. The van der Waals surface area contributed by atoms with Crippen molar-refractivity contribution in [1.29, 1.82) is 0 Å². The molecule has 7 rings (SSSR count). The van der Waals surface area contributed by atoms with E-state index in [1.807, 2.05) is 122 Å². The smallest absolute Gasteiger partial charge is 0.262 e. The number of rotatable bonds is 15. The number of carbonyl (C=O) groups is 1. The Kier molecular flexibility index (Phi) is 12.1. The summed E-state index contributed by atoms with van der Waals surface area (Å²) < 4.78 is 18.8. The van der Waals surface area contributed by atoms with Gasteiger partial charge in [-0.2, -0.15) is 0 Å². The van der Waals surface area contributed by atoms with Gasteiger partial charge >= 0.3 is 0 Å². The van der Waals surface area contributed by atoms with Gasteiger partial charge in [0.2, 0.25) is 5.28 Å². The maximum atomic E-state index is 14.9. The highest BCUT2D eigenvalue weighted by Crippen LogP contribution is 2.32. The summed E-state index contributed by atoms with van der Waals surface area (Å²) in [5, 5.41) is 0.179. The lowest BCUT2D eigenvalue weighted by Gasteiger charge is -2.25. The van der Waals surface area contributed by atoms with Crippen LogP contribution < -0.4 is 19.1 Å². The Balaban J connectivity index is 1.19. The first-order valence-electron chi connectivity index (χ1n) is 18.3. The van der Waals surface area contributed by atoms with Gasteiger partial charge in [0.05, 0.1) is 17.8 Å². The first-order chi connectivity index (χ1) is 26.5. The highest BCUT2D eigenvalue weighted by atomic mass is 35.5. The maximum absolute atomic E-state index is 14.9. The standard InChI is InChI=1S/C45H43ClN4O4/c1-33-29-47-45(46)48-43(33)37-17-19-38(20-18-37)50(30-36-15-10-16-39(27-36)52-26-25-49-23-8-9-24-49)44(51)41-22-21-40(53-31-34-11-4-2-5-12-34)28-42(41)54-32-35-13-6-3-7-14-35/h2-7,10-22,27-29H,8-9,23-26,30-32H2,1H3. The van der Waals surface area contributed by atoms with E-state index in [2.05, 4.69) is 14.9 Å². The van der Waals surface area contributed by atoms with Gasteiger partial charge in [-0.15, -0.1) is 0 Å². The molecule has 1 amide bonds. The number of carbonyl (C=O) groups excluding carboxylic acids is 1. The van der Waals surface area contributed by atoms with Crippen LogP contribution in [0.15, 0.2) is 134 Å². The molecule has 274 valence electrons. The third-order valence-corrected chi connectivity index (χ3v) is 9.61. The number of aryl methyl sites for hydroxylation is 1. The lowest BCUT2D eigenvalue weighted by atomic mass is 10.1. The third-order valence-electron chi connectivity index (χ3n) is 9.42. The van der Waals surface area contributed by atoms with Crippen molar-refractivity contribution in [2.75, 3.05) is 31.1 Å². The van der Waals surface area contributed by atoms with Gasteiger partial charge in [-0.3, -0.25) is 9.69 Å². The molecule has 54 heavy (non-hydrogen) atoms. The summed E-state index contributed by atoms with van der Waals surface area (Å²) in [5.41, 5.74) is 6.59. The van der Waals surface area contributed by atoms with Gasteiger partial charge in [0.25, 0.3) is 5.91 Å². The van der Waals surface area contributed by atoms with Crippen molar-refractivity contribution in [3.63, 3.8) is 0 Å². The number of anilines is 1. The average Bonchev–Trinajstić information content (AvgIpc) is 3.74. The van der Waals surface area contributed by atoms with Gasteiger partial charge in [0, 0.05) is 30.1 Å². The number of likely N-dealkylation sites (tertiary alicyclic amines) is 1. The van der Waals surface area contributed by atoms with Crippen molar-refractivity contribution >= 4 is 23.2 Å². The quantitative estimate of drug-likeness (QED) is 0.0972. The monoisotopic (exact) mass is 738 g/mol. The van der Waals surface area contributed by atoms with Gasteiger partial charge in [0.15, 0.2) is 0 Å². The normalized spacial score (nSPS) is 12.7. The second-order valence-electron chi connectivity index (χ2n) is 13.4. The number of aromatic nitrogens is 2. The topological polar surface area (TPSA) is 77.0 Å². The van der Waals surface area contributed by atoms with Crippen molar-refractivity contribution in [1.82, 2.24) is 14.9 Å². The molecule has 1 aliphatic rings. The van der Waals surface area contributed by atoms with E-state index in [4.69, 9.17) is 25.8 Å².